The van der Waals surface area contributed by atoms with Crippen LogP contribution in [0.2, 0.25) is 0 Å². The van der Waals surface area contributed by atoms with Gasteiger partial charge in [-0.2, -0.15) is 5.10 Å². The van der Waals surface area contributed by atoms with Crippen LogP contribution in [-0.2, 0) is 4.79 Å². The van der Waals surface area contributed by atoms with Gasteiger partial charge < -0.3 is 5.11 Å². The first kappa shape index (κ1) is 18.4. The lowest BCUT2D eigenvalue weighted by atomic mass is 10.0. The average Bonchev–Trinajstić information content (AvgIpc) is 3.17. The highest BCUT2D eigenvalue weighted by atomic mass is 19.1. The molecule has 0 fully saturated rings. The summed E-state index contributed by atoms with van der Waals surface area (Å²) in [5.41, 5.74) is 4.26. The SMILES string of the molecule is O=C(O)C=Cc1cnn(-c2ccc(-c3ccccc3)cc2)c1-c1ccccc1F. The Morgan fingerprint density at radius 3 is 2.24 bits per heavy atom. The molecule has 0 aliphatic carbocycles. The maximum atomic E-state index is 14.5. The molecule has 0 aliphatic heterocycles. The molecule has 4 rings (SSSR count). The van der Waals surface area contributed by atoms with Crippen LogP contribution in [0.15, 0.2) is 91.1 Å². The van der Waals surface area contributed by atoms with E-state index in [4.69, 9.17) is 5.11 Å². The third-order valence-corrected chi connectivity index (χ3v) is 4.55. The van der Waals surface area contributed by atoms with Crippen LogP contribution in [0.25, 0.3) is 34.1 Å². The minimum Gasteiger partial charge on any atom is -0.478 e. The maximum absolute atomic E-state index is 14.5. The van der Waals surface area contributed by atoms with Gasteiger partial charge in [-0.15, -0.1) is 0 Å². The zero-order valence-electron chi connectivity index (χ0n) is 15.4. The number of aromatic nitrogens is 2. The Morgan fingerprint density at radius 1 is 0.897 bits per heavy atom. The molecule has 4 aromatic rings. The van der Waals surface area contributed by atoms with Gasteiger partial charge in [0.2, 0.25) is 0 Å². The summed E-state index contributed by atoms with van der Waals surface area (Å²) in [5.74, 6) is -1.48. The Balaban J connectivity index is 1.82. The number of aliphatic carboxylic acids is 1. The molecule has 0 amide bonds. The van der Waals surface area contributed by atoms with Gasteiger partial charge in [-0.25, -0.2) is 13.9 Å². The van der Waals surface area contributed by atoms with Crippen LogP contribution in [0.3, 0.4) is 0 Å². The van der Waals surface area contributed by atoms with E-state index in [1.807, 2.05) is 54.6 Å². The van der Waals surface area contributed by atoms with Gasteiger partial charge in [-0.3, -0.25) is 0 Å². The number of carboxylic acid groups (broad SMARTS) is 1. The summed E-state index contributed by atoms with van der Waals surface area (Å²) >= 11 is 0. The number of rotatable bonds is 5. The molecule has 0 atom stereocenters. The minimum absolute atomic E-state index is 0.349. The molecule has 3 aromatic carbocycles. The van der Waals surface area contributed by atoms with Crippen LogP contribution in [0.5, 0.6) is 0 Å². The summed E-state index contributed by atoms with van der Waals surface area (Å²) in [6.45, 7) is 0. The van der Waals surface area contributed by atoms with Gasteiger partial charge in [0.25, 0.3) is 0 Å². The first-order valence-corrected chi connectivity index (χ1v) is 9.03. The highest BCUT2D eigenvalue weighted by Crippen LogP contribution is 2.30. The highest BCUT2D eigenvalue weighted by molar-refractivity contribution is 5.87. The smallest absolute Gasteiger partial charge is 0.328 e. The topological polar surface area (TPSA) is 55.1 Å². The van der Waals surface area contributed by atoms with Gasteiger partial charge in [-0.05, 0) is 41.5 Å². The number of benzene rings is 3. The Bertz CT molecular complexity index is 1180. The summed E-state index contributed by atoms with van der Waals surface area (Å²) in [5, 5.41) is 13.4. The van der Waals surface area contributed by atoms with Gasteiger partial charge in [0.1, 0.15) is 5.82 Å². The zero-order chi connectivity index (χ0) is 20.2. The van der Waals surface area contributed by atoms with Crippen molar-refractivity contribution < 1.29 is 14.3 Å². The molecular weight excluding hydrogens is 367 g/mol. The van der Waals surface area contributed by atoms with E-state index in [0.717, 1.165) is 22.9 Å². The van der Waals surface area contributed by atoms with E-state index in [1.165, 1.54) is 18.3 Å². The molecule has 142 valence electrons. The van der Waals surface area contributed by atoms with Crippen molar-refractivity contribution in [2.24, 2.45) is 0 Å². The lowest BCUT2D eigenvalue weighted by Gasteiger charge is -2.11. The molecule has 1 aromatic heterocycles. The normalized spacial score (nSPS) is 11.1. The molecule has 0 saturated heterocycles. The van der Waals surface area contributed by atoms with Crippen molar-refractivity contribution in [3.8, 4) is 28.1 Å². The number of carbonyl (C=O) groups is 1. The molecule has 0 unspecified atom stereocenters. The van der Waals surface area contributed by atoms with Gasteiger partial charge in [-0.1, -0.05) is 54.6 Å². The van der Waals surface area contributed by atoms with Crippen LogP contribution in [-0.4, -0.2) is 20.9 Å². The monoisotopic (exact) mass is 384 g/mol. The molecule has 4 nitrogen and oxygen atoms in total. The fourth-order valence-corrected chi connectivity index (χ4v) is 3.19. The third-order valence-electron chi connectivity index (χ3n) is 4.55. The molecule has 5 heteroatoms. The van der Waals surface area contributed by atoms with E-state index in [-0.39, 0.29) is 0 Å². The van der Waals surface area contributed by atoms with Crippen LogP contribution in [0.1, 0.15) is 5.56 Å². The number of carboxylic acids is 1. The Kier molecular flexibility index (Phi) is 5.03. The number of hydrogen-bond donors (Lipinski definition) is 1. The van der Waals surface area contributed by atoms with Crippen molar-refractivity contribution in [3.63, 3.8) is 0 Å². The van der Waals surface area contributed by atoms with Crippen LogP contribution in [0.4, 0.5) is 4.39 Å². The fraction of sp³-hybridized carbons (Fsp3) is 0. The van der Waals surface area contributed by atoms with Crippen molar-refractivity contribution in [2.75, 3.05) is 0 Å². The number of nitrogens with zero attached hydrogens (tertiary/aromatic N) is 2. The molecule has 29 heavy (non-hydrogen) atoms. The predicted octanol–water partition coefficient (Wildman–Crippen LogP) is 5.44. The lowest BCUT2D eigenvalue weighted by Crippen LogP contribution is -2.01. The summed E-state index contributed by atoms with van der Waals surface area (Å²) in [4.78, 5) is 10.9. The van der Waals surface area contributed by atoms with Crippen molar-refractivity contribution in [2.45, 2.75) is 0 Å². The molecule has 1 heterocycles. The fourth-order valence-electron chi connectivity index (χ4n) is 3.19. The molecule has 0 aliphatic rings. The minimum atomic E-state index is -1.08. The molecule has 1 N–H and O–H groups in total. The van der Waals surface area contributed by atoms with Gasteiger partial charge >= 0.3 is 5.97 Å². The number of hydrogen-bond acceptors (Lipinski definition) is 2. The largest absolute Gasteiger partial charge is 0.478 e. The first-order chi connectivity index (χ1) is 14.1. The second-order valence-corrected chi connectivity index (χ2v) is 6.42. The van der Waals surface area contributed by atoms with Crippen LogP contribution < -0.4 is 0 Å². The Morgan fingerprint density at radius 2 is 1.55 bits per heavy atom. The maximum Gasteiger partial charge on any atom is 0.328 e. The molecule has 0 bridgehead atoms. The zero-order valence-corrected chi connectivity index (χ0v) is 15.4. The average molecular weight is 384 g/mol. The van der Waals surface area contributed by atoms with Crippen LogP contribution >= 0.6 is 0 Å². The Labute approximate surface area is 167 Å². The van der Waals surface area contributed by atoms with Gasteiger partial charge in [0.05, 0.1) is 17.6 Å². The van der Waals surface area contributed by atoms with E-state index in [0.29, 0.717) is 16.8 Å². The van der Waals surface area contributed by atoms with E-state index in [1.54, 1.807) is 22.9 Å². The van der Waals surface area contributed by atoms with E-state index in [2.05, 4.69) is 5.10 Å². The second kappa shape index (κ2) is 7.94. The molecular formula is C24H17FN2O2. The van der Waals surface area contributed by atoms with Gasteiger partial charge in [0.15, 0.2) is 0 Å². The van der Waals surface area contributed by atoms with Crippen molar-refractivity contribution in [1.29, 1.82) is 0 Å². The first-order valence-electron chi connectivity index (χ1n) is 9.03. The van der Waals surface area contributed by atoms with E-state index in [9.17, 15) is 9.18 Å². The lowest BCUT2D eigenvalue weighted by molar-refractivity contribution is -0.131. The standard InChI is InChI=1S/C24H17FN2O2/c25-22-9-5-4-8-21(22)24-19(12-15-23(28)29)16-26-27(24)20-13-10-18(11-14-20)17-6-2-1-3-7-17/h1-16H,(H,28,29). The molecule has 0 radical (unpaired) electrons. The summed E-state index contributed by atoms with van der Waals surface area (Å²) in [6.07, 6.45) is 3.97. The summed E-state index contributed by atoms with van der Waals surface area (Å²) < 4.78 is 16.2. The van der Waals surface area contributed by atoms with Crippen LogP contribution in [0, 0.1) is 5.82 Å². The predicted molar refractivity (Wildman–Crippen MR) is 111 cm³/mol. The van der Waals surface area contributed by atoms with E-state index < -0.39 is 11.8 Å². The molecule has 0 spiro atoms. The van der Waals surface area contributed by atoms with Crippen molar-refractivity contribution >= 4 is 12.0 Å². The van der Waals surface area contributed by atoms with Gasteiger partial charge in [0, 0.05) is 17.2 Å². The van der Waals surface area contributed by atoms with E-state index >= 15 is 0 Å². The highest BCUT2D eigenvalue weighted by Gasteiger charge is 2.16. The summed E-state index contributed by atoms with van der Waals surface area (Å²) in [7, 11) is 0. The number of halogens is 1. The van der Waals surface area contributed by atoms with Crippen molar-refractivity contribution in [3.05, 3.63) is 103 Å². The quantitative estimate of drug-likeness (QED) is 0.466. The third kappa shape index (κ3) is 3.84. The second-order valence-electron chi connectivity index (χ2n) is 6.42. The summed E-state index contributed by atoms with van der Waals surface area (Å²) in [6, 6.07) is 24.1. The Hall–Kier alpha value is -3.99. The molecule has 0 saturated carbocycles. The van der Waals surface area contributed by atoms with Crippen molar-refractivity contribution in [1.82, 2.24) is 9.78 Å².